The van der Waals surface area contributed by atoms with E-state index in [0.717, 1.165) is 64.1 Å². The van der Waals surface area contributed by atoms with Gasteiger partial charge in [0.15, 0.2) is 5.96 Å². The van der Waals surface area contributed by atoms with Crippen LogP contribution in [0.15, 0.2) is 47.0 Å². The van der Waals surface area contributed by atoms with Crippen LogP contribution in [0.2, 0.25) is 0 Å². The summed E-state index contributed by atoms with van der Waals surface area (Å²) in [6.45, 7) is 7.17. The van der Waals surface area contributed by atoms with Gasteiger partial charge in [-0.3, -0.25) is 9.89 Å². The summed E-state index contributed by atoms with van der Waals surface area (Å²) in [5.41, 5.74) is 2.96. The van der Waals surface area contributed by atoms with Crippen molar-refractivity contribution in [2.24, 2.45) is 10.9 Å². The van der Waals surface area contributed by atoms with Crippen molar-refractivity contribution >= 4 is 5.96 Å². The topological polar surface area (TPSA) is 40.1 Å². The van der Waals surface area contributed by atoms with Crippen LogP contribution in [0.3, 0.4) is 0 Å². The van der Waals surface area contributed by atoms with Crippen LogP contribution in [0.25, 0.3) is 0 Å². The molecule has 0 aliphatic carbocycles. The molecule has 1 N–H and O–H groups in total. The molecule has 158 valence electrons. The third-order valence-electron chi connectivity index (χ3n) is 6.71. The van der Waals surface area contributed by atoms with E-state index in [1.165, 1.54) is 36.9 Å². The second-order valence-electron chi connectivity index (χ2n) is 8.57. The molecule has 3 aliphatic rings. The molecule has 0 bridgehead atoms. The smallest absolute Gasteiger partial charge is 0.193 e. The van der Waals surface area contributed by atoms with Crippen molar-refractivity contribution in [2.45, 2.75) is 44.7 Å². The fourth-order valence-electron chi connectivity index (χ4n) is 5.17. The number of benzene rings is 1. The number of rotatable bonds is 5. The third-order valence-corrected chi connectivity index (χ3v) is 6.71. The fourth-order valence-corrected chi connectivity index (χ4v) is 5.17. The van der Waals surface area contributed by atoms with Crippen LogP contribution in [-0.2, 0) is 11.3 Å². The molecule has 4 rings (SSSR count). The number of hydrogen-bond donors (Lipinski definition) is 1. The summed E-state index contributed by atoms with van der Waals surface area (Å²) in [7, 11) is 1.92. The standard InChI is InChI=1S/C24H36N4O/c1-25-24(26-13-9-20-11-16-29-17-12-20)28-15-10-23-22(19-28)8-5-14-27(23)18-21-6-3-2-4-7-21/h2-4,6-7,11,22-23H,5,8-10,12-19H2,1H3,(H,25,26). The molecule has 0 spiro atoms. The van der Waals surface area contributed by atoms with Crippen molar-refractivity contribution in [2.75, 3.05) is 46.4 Å². The van der Waals surface area contributed by atoms with Crippen LogP contribution in [0.5, 0.6) is 0 Å². The Morgan fingerprint density at radius 3 is 2.90 bits per heavy atom. The third kappa shape index (κ3) is 5.40. The van der Waals surface area contributed by atoms with Crippen molar-refractivity contribution in [1.82, 2.24) is 15.1 Å². The number of likely N-dealkylation sites (tertiary alicyclic amines) is 2. The molecule has 2 unspecified atom stereocenters. The molecular formula is C24H36N4O. The summed E-state index contributed by atoms with van der Waals surface area (Å²) >= 11 is 0. The zero-order valence-electron chi connectivity index (χ0n) is 17.9. The van der Waals surface area contributed by atoms with Gasteiger partial charge in [0.25, 0.3) is 0 Å². The zero-order chi connectivity index (χ0) is 19.9. The molecule has 5 nitrogen and oxygen atoms in total. The highest BCUT2D eigenvalue weighted by Crippen LogP contribution is 2.31. The minimum atomic E-state index is 0.714. The largest absolute Gasteiger partial charge is 0.377 e. The normalized spacial score (nSPS) is 26.0. The Kier molecular flexibility index (Phi) is 7.23. The van der Waals surface area contributed by atoms with E-state index in [0.29, 0.717) is 6.04 Å². The Balaban J connectivity index is 1.29. The van der Waals surface area contributed by atoms with Gasteiger partial charge < -0.3 is 15.0 Å². The highest BCUT2D eigenvalue weighted by atomic mass is 16.5. The van der Waals surface area contributed by atoms with Crippen LogP contribution in [0, 0.1) is 5.92 Å². The van der Waals surface area contributed by atoms with Gasteiger partial charge in [-0.25, -0.2) is 0 Å². The molecule has 2 atom stereocenters. The van der Waals surface area contributed by atoms with Crippen LogP contribution in [-0.4, -0.2) is 68.2 Å². The second-order valence-corrected chi connectivity index (χ2v) is 8.57. The van der Waals surface area contributed by atoms with E-state index in [1.54, 1.807) is 0 Å². The average molecular weight is 397 g/mol. The minimum Gasteiger partial charge on any atom is -0.377 e. The van der Waals surface area contributed by atoms with Gasteiger partial charge in [-0.2, -0.15) is 0 Å². The number of fused-ring (bicyclic) bond motifs is 1. The van der Waals surface area contributed by atoms with Crippen LogP contribution < -0.4 is 5.32 Å². The van der Waals surface area contributed by atoms with Crippen LogP contribution in [0.4, 0.5) is 0 Å². The summed E-state index contributed by atoms with van der Waals surface area (Å²) in [5.74, 6) is 1.83. The van der Waals surface area contributed by atoms with Gasteiger partial charge >= 0.3 is 0 Å². The number of ether oxygens (including phenoxy) is 1. The van der Waals surface area contributed by atoms with Crippen molar-refractivity contribution in [3.63, 3.8) is 0 Å². The molecule has 1 aromatic rings. The molecule has 3 aliphatic heterocycles. The minimum absolute atomic E-state index is 0.714. The predicted octanol–water partition coefficient (Wildman–Crippen LogP) is 3.29. The van der Waals surface area contributed by atoms with Gasteiger partial charge in [-0.15, -0.1) is 0 Å². The highest BCUT2D eigenvalue weighted by Gasteiger charge is 2.36. The first-order valence-corrected chi connectivity index (χ1v) is 11.3. The maximum atomic E-state index is 5.41. The Morgan fingerprint density at radius 1 is 1.21 bits per heavy atom. The zero-order valence-corrected chi connectivity index (χ0v) is 17.9. The lowest BCUT2D eigenvalue weighted by Gasteiger charge is -2.48. The van der Waals surface area contributed by atoms with Crippen LogP contribution >= 0.6 is 0 Å². The van der Waals surface area contributed by atoms with Crippen molar-refractivity contribution in [3.05, 3.63) is 47.5 Å². The SMILES string of the molecule is CN=C(NCCC1=CCOCC1)N1CCC2C(CCCN2Cc2ccccc2)C1. The van der Waals surface area contributed by atoms with Gasteiger partial charge in [0.1, 0.15) is 0 Å². The van der Waals surface area contributed by atoms with Gasteiger partial charge in [-0.05, 0) is 50.1 Å². The summed E-state index contributed by atoms with van der Waals surface area (Å²) in [5, 5.41) is 3.61. The molecule has 0 radical (unpaired) electrons. The summed E-state index contributed by atoms with van der Waals surface area (Å²) < 4.78 is 5.41. The summed E-state index contributed by atoms with van der Waals surface area (Å²) in [6.07, 6.45) is 8.29. The van der Waals surface area contributed by atoms with E-state index in [-0.39, 0.29) is 0 Å². The lowest BCUT2D eigenvalue weighted by molar-refractivity contribution is 0.0373. The van der Waals surface area contributed by atoms with Gasteiger partial charge in [0.2, 0.25) is 0 Å². The maximum Gasteiger partial charge on any atom is 0.193 e. The summed E-state index contributed by atoms with van der Waals surface area (Å²) in [6, 6.07) is 11.7. The Labute approximate surface area is 175 Å². The molecule has 0 amide bonds. The van der Waals surface area contributed by atoms with Crippen molar-refractivity contribution in [1.29, 1.82) is 0 Å². The van der Waals surface area contributed by atoms with E-state index < -0.39 is 0 Å². The monoisotopic (exact) mass is 396 g/mol. The maximum absolute atomic E-state index is 5.41. The quantitative estimate of drug-likeness (QED) is 0.471. The molecule has 3 heterocycles. The molecular weight excluding hydrogens is 360 g/mol. The van der Waals surface area contributed by atoms with Crippen LogP contribution in [0.1, 0.15) is 37.7 Å². The first kappa shape index (κ1) is 20.4. The molecule has 1 aromatic carbocycles. The van der Waals surface area contributed by atoms with Gasteiger partial charge in [-0.1, -0.05) is 42.0 Å². The van der Waals surface area contributed by atoms with E-state index in [2.05, 4.69) is 56.5 Å². The lowest BCUT2D eigenvalue weighted by atomic mass is 9.83. The molecule has 2 fully saturated rings. The summed E-state index contributed by atoms with van der Waals surface area (Å²) in [4.78, 5) is 9.81. The number of aliphatic imine (C=N–C) groups is 1. The number of guanidine groups is 1. The van der Waals surface area contributed by atoms with E-state index in [1.807, 2.05) is 7.05 Å². The molecule has 0 aromatic heterocycles. The molecule has 0 saturated carbocycles. The Bertz CT molecular complexity index is 702. The number of hydrogen-bond acceptors (Lipinski definition) is 3. The Morgan fingerprint density at radius 2 is 2.10 bits per heavy atom. The average Bonchev–Trinajstić information content (AvgIpc) is 2.78. The van der Waals surface area contributed by atoms with E-state index >= 15 is 0 Å². The molecule has 5 heteroatoms. The van der Waals surface area contributed by atoms with Crippen molar-refractivity contribution in [3.8, 4) is 0 Å². The predicted molar refractivity (Wildman–Crippen MR) is 119 cm³/mol. The fraction of sp³-hybridized carbons (Fsp3) is 0.625. The number of nitrogens with one attached hydrogen (secondary N) is 1. The molecule has 2 saturated heterocycles. The van der Waals surface area contributed by atoms with Gasteiger partial charge in [0.05, 0.1) is 13.2 Å². The number of piperidine rings is 2. The van der Waals surface area contributed by atoms with Gasteiger partial charge in [0, 0.05) is 39.3 Å². The first-order chi connectivity index (χ1) is 14.3. The number of nitrogens with zero attached hydrogens (tertiary/aromatic N) is 3. The first-order valence-electron chi connectivity index (χ1n) is 11.3. The van der Waals surface area contributed by atoms with E-state index in [9.17, 15) is 0 Å². The molecule has 29 heavy (non-hydrogen) atoms. The lowest BCUT2D eigenvalue weighted by Crippen LogP contribution is -2.56. The van der Waals surface area contributed by atoms with E-state index in [4.69, 9.17) is 4.74 Å². The second kappa shape index (κ2) is 10.3. The van der Waals surface area contributed by atoms with Crippen molar-refractivity contribution < 1.29 is 4.74 Å². The Hall–Kier alpha value is -1.85. The highest BCUT2D eigenvalue weighted by molar-refractivity contribution is 5.80.